The van der Waals surface area contributed by atoms with E-state index in [1.54, 1.807) is 42.5 Å². The quantitative estimate of drug-likeness (QED) is 0.107. The Kier molecular flexibility index (Phi) is 7.06. The molecule has 1 aliphatic carbocycles. The smallest absolute Gasteiger partial charge is 0.240 e. The van der Waals surface area contributed by atoms with Gasteiger partial charge >= 0.3 is 0 Å². The van der Waals surface area contributed by atoms with Gasteiger partial charge in [-0.2, -0.15) is 15.0 Å². The number of aromatic nitrogens is 5. The summed E-state index contributed by atoms with van der Waals surface area (Å²) < 4.78 is 282. The zero-order valence-corrected chi connectivity index (χ0v) is 49.3. The molecule has 3 aromatic heterocycles. The number of hydrogen-bond acceptors (Lipinski definition) is 4. The topological polar surface area (TPSA) is 51.8 Å². The molecule has 6 nitrogen and oxygen atoms in total. The summed E-state index contributed by atoms with van der Waals surface area (Å²) in [7, 11) is -5.75. The Morgan fingerprint density at radius 3 is 1.42 bits per heavy atom. The number of fused-ring (bicyclic) bond motifs is 17. The Bertz CT molecular complexity index is 7260. The first-order valence-corrected chi connectivity index (χ1v) is 31.6. The van der Waals surface area contributed by atoms with Crippen molar-refractivity contribution < 1.29 is 39.8 Å². The first-order valence-electron chi connectivity index (χ1n) is 44.1. The molecule has 0 N–H and O–H groups in total. The molecule has 434 valence electrons. The molecule has 1 atom stereocenters. The number of benzene rings is 14. The highest BCUT2D eigenvalue weighted by Crippen LogP contribution is 2.64. The molecule has 7 heteroatoms. The van der Waals surface area contributed by atoms with Crippen LogP contribution in [0.4, 0.5) is 17.1 Å². The Morgan fingerprint density at radius 1 is 0.333 bits per heavy atom. The molecular formula is C86H56N6Si. The minimum absolute atomic E-state index is 0.0390. The molecule has 1 unspecified atom stereocenters. The van der Waals surface area contributed by atoms with Gasteiger partial charge in [-0.25, -0.2) is 0 Å². The first kappa shape index (κ1) is 31.6. The predicted molar refractivity (Wildman–Crippen MR) is 386 cm³/mol. The van der Waals surface area contributed by atoms with Crippen molar-refractivity contribution in [2.75, 3.05) is 4.90 Å². The lowest BCUT2D eigenvalue weighted by atomic mass is 9.64. The van der Waals surface area contributed by atoms with Crippen LogP contribution in [0.5, 0.6) is 0 Å². The van der Waals surface area contributed by atoms with Gasteiger partial charge in [0.2, 0.25) is 11.9 Å². The maximum atomic E-state index is 11.5. The van der Waals surface area contributed by atoms with Gasteiger partial charge in [0.1, 0.15) is 0 Å². The molecule has 1 spiro atoms. The third-order valence-corrected chi connectivity index (χ3v) is 22.2. The van der Waals surface area contributed by atoms with E-state index in [2.05, 4.69) is 29.2 Å². The van der Waals surface area contributed by atoms with Crippen molar-refractivity contribution >= 4 is 100 Å². The van der Waals surface area contributed by atoms with E-state index in [-0.39, 0.29) is 10.4 Å². The third kappa shape index (κ3) is 7.72. The third-order valence-electron chi connectivity index (χ3n) is 17.8. The molecule has 19 rings (SSSR count). The summed E-state index contributed by atoms with van der Waals surface area (Å²) in [5, 5.41) is -1.61. The van der Waals surface area contributed by atoms with Crippen LogP contribution in [-0.4, -0.2) is 32.2 Å². The fraction of sp³-hybridized carbons (Fsp3) is 0.0116. The minimum atomic E-state index is -5.75. The van der Waals surface area contributed by atoms with Gasteiger partial charge in [-0.05, 0) is 113 Å². The molecule has 0 radical (unpaired) electrons. The zero-order valence-electron chi connectivity index (χ0n) is 77.3. The summed E-state index contributed by atoms with van der Waals surface area (Å²) in [6.45, 7) is 0. The average molecular weight is 1230 g/mol. The fourth-order valence-electron chi connectivity index (χ4n) is 14.1. The highest BCUT2D eigenvalue weighted by atomic mass is 28.3. The van der Waals surface area contributed by atoms with Crippen LogP contribution in [0, 0.1) is 0 Å². The Balaban J connectivity index is 1.04. The van der Waals surface area contributed by atoms with Crippen molar-refractivity contribution in [1.82, 2.24) is 24.1 Å². The summed E-state index contributed by atoms with van der Waals surface area (Å²) in [5.41, 5.74) is 0.461. The van der Waals surface area contributed by atoms with Crippen LogP contribution in [0.25, 0.3) is 99.9 Å². The van der Waals surface area contributed by atoms with Crippen LogP contribution in [0.3, 0.4) is 0 Å². The SMILES string of the molecule is [2H]c1c([2H])c([2H])c(-c2c([2H])c([2H])c([2H])c([Si](c3ccccc3)(c3ccc4c(c3)N(c3ccccc3)c3c(ccc5ccccc35)C43c4ccccc4-c4ccccc43)c3c([2H])c([2H])c([2H])c(-c4nc(-n5c6c([2H])c([2H])c([2H])c([2H])c6c6c([2H])c([2H])c([2H])c([2H])c65)nc(-n5c6c([2H])c([2H])c([2H])c([2H])c6c6c([2H])c([2H])c([2H])c([2H])c65)n4)c3[2H])c2[2H])c([2H])c1[2H]. The summed E-state index contributed by atoms with van der Waals surface area (Å²) in [5.74, 6) is -2.84. The van der Waals surface area contributed by atoms with Gasteiger partial charge < -0.3 is 4.90 Å². The van der Waals surface area contributed by atoms with E-state index < -0.39 is 277 Å². The van der Waals surface area contributed by atoms with Crippen molar-refractivity contribution in [3.63, 3.8) is 0 Å². The molecule has 0 saturated heterocycles. The average Bonchev–Trinajstić information content (AvgIpc) is 1.57. The number of anilines is 3. The first-order chi connectivity index (χ1) is 58.2. The maximum Gasteiger partial charge on any atom is 0.240 e. The van der Waals surface area contributed by atoms with E-state index in [1.807, 2.05) is 97.1 Å². The predicted octanol–water partition coefficient (Wildman–Crippen LogP) is 18.1. The molecule has 2 aliphatic rings. The van der Waals surface area contributed by atoms with Gasteiger partial charge in [-0.15, -0.1) is 0 Å². The number of para-hydroxylation sites is 5. The van der Waals surface area contributed by atoms with E-state index in [4.69, 9.17) is 30.0 Å². The highest BCUT2D eigenvalue weighted by molar-refractivity contribution is 7.20. The molecule has 0 saturated carbocycles. The Morgan fingerprint density at radius 2 is 0.817 bits per heavy atom. The molecule has 0 amide bonds. The standard InChI is InChI=1S/C86H56N6Si/c1-4-26-57(27-5-1)59-29-24-35-63(54-59)93(62-33-8-3-9-34-62,65-51-53-75-81(56-65)90(61-31-6-2-7-32-61)82-66-37-11-10-28-58(66)50-52-76(82)86(75)73-44-18-12-38-67(73)68-39-13-19-45-74(68)86)64-36-25-30-60(55-64)83-87-84(91-77-46-20-14-40-69(77)70-41-15-21-47-78(70)91)89-85(88-83)92-79-48-22-16-42-71(79)72-43-17-23-49-80(72)92/h1-56H/i1D,4D,5D,14D,15D,16D,17D,20D,21D,22D,23D,24D,25D,26D,27D,29D,30D,35D,36D,40D,41D,42D,43D,46D,47D,48D,49D,54D,55D. The second kappa shape index (κ2) is 20.8. The number of nitrogens with zero attached hydrogens (tertiary/aromatic N) is 6. The van der Waals surface area contributed by atoms with E-state index in [1.165, 1.54) is 0 Å². The lowest BCUT2D eigenvalue weighted by Crippen LogP contribution is -2.74. The molecule has 93 heavy (non-hydrogen) atoms. The summed E-state index contributed by atoms with van der Waals surface area (Å²) in [6, 6.07) is 24.0. The zero-order chi connectivity index (χ0) is 86.4. The lowest BCUT2D eigenvalue weighted by molar-refractivity contribution is 0.755. The minimum Gasteiger partial charge on any atom is -0.309 e. The van der Waals surface area contributed by atoms with Gasteiger partial charge in [-0.3, -0.25) is 9.13 Å². The van der Waals surface area contributed by atoms with Gasteiger partial charge in [0.15, 0.2) is 13.9 Å². The normalized spacial score (nSPS) is 17.9. The molecule has 0 fully saturated rings. The molecule has 17 aromatic rings. The van der Waals surface area contributed by atoms with Gasteiger partial charge in [0, 0.05) is 38.2 Å². The summed E-state index contributed by atoms with van der Waals surface area (Å²) >= 11 is 0. The Labute approximate surface area is 579 Å². The van der Waals surface area contributed by atoms with Gasteiger partial charge in [0.25, 0.3) is 0 Å². The lowest BCUT2D eigenvalue weighted by Gasteiger charge is -2.46. The van der Waals surface area contributed by atoms with E-state index in [0.29, 0.717) is 22.6 Å². The second-order valence-corrected chi connectivity index (χ2v) is 26.0. The van der Waals surface area contributed by atoms with Crippen molar-refractivity contribution in [2.45, 2.75) is 5.41 Å². The summed E-state index contributed by atoms with van der Waals surface area (Å²) in [6.07, 6.45) is 0. The van der Waals surface area contributed by atoms with Crippen molar-refractivity contribution in [3.05, 3.63) is 361 Å². The molecule has 14 aromatic carbocycles. The largest absolute Gasteiger partial charge is 0.309 e. The van der Waals surface area contributed by atoms with Gasteiger partial charge in [0.05, 0.1) is 78.6 Å². The molecule has 0 bridgehead atoms. The van der Waals surface area contributed by atoms with Crippen LogP contribution in [0.2, 0.25) is 0 Å². The fourth-order valence-corrected chi connectivity index (χ4v) is 18.4. The Hall–Kier alpha value is -12.0. The maximum absolute atomic E-state index is 11.5. The van der Waals surface area contributed by atoms with Crippen LogP contribution >= 0.6 is 0 Å². The number of hydrogen-bond donors (Lipinski definition) is 0. The van der Waals surface area contributed by atoms with Crippen LogP contribution < -0.4 is 25.6 Å². The molecule has 4 heterocycles. The molecule has 1 aliphatic heterocycles. The van der Waals surface area contributed by atoms with Crippen molar-refractivity contribution in [3.8, 4) is 45.5 Å². The van der Waals surface area contributed by atoms with Gasteiger partial charge in [-0.1, -0.05) is 297 Å². The van der Waals surface area contributed by atoms with Crippen LogP contribution in [-0.2, 0) is 5.41 Å². The van der Waals surface area contributed by atoms with Crippen LogP contribution in [0.1, 0.15) is 62.0 Å². The van der Waals surface area contributed by atoms with E-state index in [9.17, 15) is 24.7 Å². The van der Waals surface area contributed by atoms with Crippen molar-refractivity contribution in [2.24, 2.45) is 0 Å². The van der Waals surface area contributed by atoms with Crippen molar-refractivity contribution in [1.29, 1.82) is 0 Å². The van der Waals surface area contributed by atoms with E-state index >= 15 is 0 Å². The highest BCUT2D eigenvalue weighted by Gasteiger charge is 2.53. The summed E-state index contributed by atoms with van der Waals surface area (Å²) in [4.78, 5) is 16.8. The van der Waals surface area contributed by atoms with Crippen LogP contribution in [0.15, 0.2) is 339 Å². The number of rotatable bonds is 9. The second-order valence-electron chi connectivity index (χ2n) is 22.4. The van der Waals surface area contributed by atoms with E-state index in [0.717, 1.165) is 47.7 Å². The molecular weight excluding hydrogens is 1150 g/mol. The monoisotopic (exact) mass is 1230 g/mol.